The first kappa shape index (κ1) is 13.2. The van der Waals surface area contributed by atoms with Gasteiger partial charge in [0.1, 0.15) is 6.54 Å². The third-order valence-corrected chi connectivity index (χ3v) is 4.13. The Kier molecular flexibility index (Phi) is 3.48. The van der Waals surface area contributed by atoms with Gasteiger partial charge in [0.15, 0.2) is 0 Å². The van der Waals surface area contributed by atoms with E-state index in [-0.39, 0.29) is 11.8 Å². The molecule has 1 aromatic heterocycles. The number of thioether (sulfide) groups is 1. The lowest BCUT2D eigenvalue weighted by Gasteiger charge is -2.27. The summed E-state index contributed by atoms with van der Waals surface area (Å²) in [5.41, 5.74) is 0.915. The molecule has 1 amide bonds. The van der Waals surface area contributed by atoms with Gasteiger partial charge >= 0.3 is 0 Å². The minimum absolute atomic E-state index is 0.0676. The number of benzene rings is 1. The van der Waals surface area contributed by atoms with Crippen LogP contribution in [0.3, 0.4) is 0 Å². The molecule has 1 aliphatic heterocycles. The van der Waals surface area contributed by atoms with E-state index in [4.69, 9.17) is 4.42 Å². The molecule has 6 heteroatoms. The van der Waals surface area contributed by atoms with Crippen LogP contribution >= 0.6 is 11.8 Å². The van der Waals surface area contributed by atoms with E-state index in [2.05, 4.69) is 10.2 Å². The molecule has 0 atom stereocenters. The van der Waals surface area contributed by atoms with E-state index in [0.29, 0.717) is 24.1 Å². The number of amides is 1. The molecule has 0 saturated carbocycles. The Morgan fingerprint density at radius 1 is 1.35 bits per heavy atom. The number of fused-ring (bicyclic) bond motifs is 1. The number of carbonyl (C=O) groups excluding carboxylic acids is 1. The summed E-state index contributed by atoms with van der Waals surface area (Å²) < 4.78 is 5.59. The Morgan fingerprint density at radius 3 is 2.90 bits per heavy atom. The predicted octanol–water partition coefficient (Wildman–Crippen LogP) is 2.83. The number of hydrogen-bond donors (Lipinski definition) is 0. The third-order valence-electron chi connectivity index (χ3n) is 3.08. The molecule has 0 N–H and O–H groups in total. The molecular formula is C14H15N3O2S. The van der Waals surface area contributed by atoms with Gasteiger partial charge in [-0.15, -0.1) is 22.0 Å². The van der Waals surface area contributed by atoms with Crippen LogP contribution in [-0.4, -0.2) is 21.9 Å². The zero-order valence-electron chi connectivity index (χ0n) is 11.4. The van der Waals surface area contributed by atoms with Crippen molar-refractivity contribution in [2.45, 2.75) is 31.2 Å². The molecule has 0 bridgehead atoms. The summed E-state index contributed by atoms with van der Waals surface area (Å²) in [7, 11) is 0. The molecule has 0 fully saturated rings. The highest BCUT2D eigenvalue weighted by molar-refractivity contribution is 8.00. The number of para-hydroxylation sites is 1. The van der Waals surface area contributed by atoms with Gasteiger partial charge in [-0.1, -0.05) is 26.0 Å². The molecule has 20 heavy (non-hydrogen) atoms. The second-order valence-corrected chi connectivity index (χ2v) is 5.94. The Hall–Kier alpha value is -1.82. The van der Waals surface area contributed by atoms with Gasteiger partial charge in [0, 0.05) is 10.8 Å². The monoisotopic (exact) mass is 289 g/mol. The van der Waals surface area contributed by atoms with E-state index in [9.17, 15) is 4.79 Å². The van der Waals surface area contributed by atoms with Gasteiger partial charge in [0.05, 0.1) is 11.4 Å². The second kappa shape index (κ2) is 5.28. The van der Waals surface area contributed by atoms with Gasteiger partial charge in [-0.3, -0.25) is 4.79 Å². The summed E-state index contributed by atoms with van der Waals surface area (Å²) in [6.07, 6.45) is 0. The minimum Gasteiger partial charge on any atom is -0.423 e. The number of aromatic nitrogens is 2. The van der Waals surface area contributed by atoms with E-state index >= 15 is 0 Å². The van der Waals surface area contributed by atoms with Crippen molar-refractivity contribution in [2.24, 2.45) is 0 Å². The number of rotatable bonds is 3. The topological polar surface area (TPSA) is 59.2 Å². The zero-order chi connectivity index (χ0) is 14.1. The van der Waals surface area contributed by atoms with Gasteiger partial charge < -0.3 is 9.32 Å². The summed E-state index contributed by atoms with van der Waals surface area (Å²) >= 11 is 1.56. The molecule has 0 unspecified atom stereocenters. The highest BCUT2D eigenvalue weighted by Gasteiger charge is 2.26. The van der Waals surface area contributed by atoms with Crippen molar-refractivity contribution in [3.8, 4) is 0 Å². The van der Waals surface area contributed by atoms with Crippen LogP contribution in [0.15, 0.2) is 33.6 Å². The maximum absolute atomic E-state index is 12.1. The fraction of sp³-hybridized carbons (Fsp3) is 0.357. The van der Waals surface area contributed by atoms with Crippen molar-refractivity contribution in [3.05, 3.63) is 36.0 Å². The van der Waals surface area contributed by atoms with E-state index in [1.54, 1.807) is 16.7 Å². The van der Waals surface area contributed by atoms with Gasteiger partial charge in [0.2, 0.25) is 17.7 Å². The summed E-state index contributed by atoms with van der Waals surface area (Å²) in [6.45, 7) is 4.32. The Labute approximate surface area is 121 Å². The Balaban J connectivity index is 1.87. The number of anilines is 1. The van der Waals surface area contributed by atoms with Crippen LogP contribution in [0.2, 0.25) is 0 Å². The van der Waals surface area contributed by atoms with Crippen molar-refractivity contribution >= 4 is 23.4 Å². The van der Waals surface area contributed by atoms with Gasteiger partial charge in [-0.05, 0) is 12.1 Å². The summed E-state index contributed by atoms with van der Waals surface area (Å²) in [5.74, 6) is 1.78. The molecule has 5 nitrogen and oxygen atoms in total. The van der Waals surface area contributed by atoms with Crippen molar-refractivity contribution in [1.82, 2.24) is 10.2 Å². The molecule has 2 aromatic rings. The molecule has 0 radical (unpaired) electrons. The summed E-state index contributed by atoms with van der Waals surface area (Å²) in [4.78, 5) is 14.9. The van der Waals surface area contributed by atoms with Gasteiger partial charge in [-0.25, -0.2) is 0 Å². The Bertz CT molecular complexity index is 639. The third kappa shape index (κ3) is 2.43. The van der Waals surface area contributed by atoms with E-state index in [1.807, 2.05) is 38.1 Å². The Morgan fingerprint density at radius 2 is 2.15 bits per heavy atom. The van der Waals surface area contributed by atoms with Crippen LogP contribution in [0.5, 0.6) is 0 Å². The molecule has 3 rings (SSSR count). The van der Waals surface area contributed by atoms with E-state index in [1.165, 1.54) is 0 Å². The fourth-order valence-corrected chi connectivity index (χ4v) is 2.96. The van der Waals surface area contributed by atoms with Crippen molar-refractivity contribution in [3.63, 3.8) is 0 Å². The quantitative estimate of drug-likeness (QED) is 0.869. The van der Waals surface area contributed by atoms with Crippen molar-refractivity contribution in [2.75, 3.05) is 10.7 Å². The number of carbonyl (C=O) groups is 1. The van der Waals surface area contributed by atoms with Crippen LogP contribution in [0.4, 0.5) is 5.69 Å². The SMILES string of the molecule is CC(C)c1nnc(CN2C(=O)CSc3ccccc32)o1. The highest BCUT2D eigenvalue weighted by atomic mass is 32.2. The number of hydrogen-bond acceptors (Lipinski definition) is 5. The van der Waals surface area contributed by atoms with Crippen LogP contribution in [0, 0.1) is 0 Å². The molecule has 0 spiro atoms. The molecule has 1 aliphatic rings. The molecule has 104 valence electrons. The van der Waals surface area contributed by atoms with E-state index in [0.717, 1.165) is 10.6 Å². The maximum atomic E-state index is 12.1. The summed E-state index contributed by atoms with van der Waals surface area (Å²) in [6, 6.07) is 7.87. The normalized spacial score (nSPS) is 14.8. The predicted molar refractivity (Wildman–Crippen MR) is 76.7 cm³/mol. The molecule has 0 saturated heterocycles. The largest absolute Gasteiger partial charge is 0.423 e. The lowest BCUT2D eigenvalue weighted by atomic mass is 10.2. The summed E-state index contributed by atoms with van der Waals surface area (Å²) in [5, 5.41) is 8.02. The molecule has 0 aliphatic carbocycles. The number of nitrogens with zero attached hydrogens (tertiary/aromatic N) is 3. The zero-order valence-corrected chi connectivity index (χ0v) is 12.2. The lowest BCUT2D eigenvalue weighted by molar-refractivity contribution is -0.116. The van der Waals surface area contributed by atoms with E-state index < -0.39 is 0 Å². The molecular weight excluding hydrogens is 274 g/mol. The van der Waals surface area contributed by atoms with Crippen LogP contribution in [0.25, 0.3) is 0 Å². The van der Waals surface area contributed by atoms with Crippen LogP contribution in [0.1, 0.15) is 31.5 Å². The van der Waals surface area contributed by atoms with Crippen molar-refractivity contribution < 1.29 is 9.21 Å². The first-order chi connectivity index (χ1) is 9.65. The minimum atomic E-state index is 0.0676. The average Bonchev–Trinajstić information content (AvgIpc) is 2.91. The highest BCUT2D eigenvalue weighted by Crippen LogP contribution is 2.35. The van der Waals surface area contributed by atoms with Crippen LogP contribution in [-0.2, 0) is 11.3 Å². The van der Waals surface area contributed by atoms with Crippen LogP contribution < -0.4 is 4.90 Å². The molecule has 2 heterocycles. The lowest BCUT2D eigenvalue weighted by Crippen LogP contribution is -2.34. The first-order valence-corrected chi connectivity index (χ1v) is 7.48. The van der Waals surface area contributed by atoms with Gasteiger partial charge in [0.25, 0.3) is 0 Å². The average molecular weight is 289 g/mol. The smallest absolute Gasteiger partial charge is 0.237 e. The first-order valence-electron chi connectivity index (χ1n) is 6.49. The van der Waals surface area contributed by atoms with Crippen molar-refractivity contribution in [1.29, 1.82) is 0 Å². The standard InChI is InChI=1S/C14H15N3O2S/c1-9(2)14-16-15-12(19-14)7-17-10-5-3-4-6-11(10)20-8-13(17)18/h3-6,9H,7-8H2,1-2H3. The fourth-order valence-electron chi connectivity index (χ4n) is 2.03. The maximum Gasteiger partial charge on any atom is 0.237 e. The van der Waals surface area contributed by atoms with Gasteiger partial charge in [-0.2, -0.15) is 0 Å². The molecule has 1 aromatic carbocycles. The second-order valence-electron chi connectivity index (χ2n) is 4.93.